The third-order valence-electron chi connectivity index (χ3n) is 5.23. The van der Waals surface area contributed by atoms with Gasteiger partial charge in [-0.3, -0.25) is 4.99 Å². The fourth-order valence-electron chi connectivity index (χ4n) is 3.83. The van der Waals surface area contributed by atoms with Crippen LogP contribution in [0.5, 0.6) is 11.5 Å². The number of aliphatic imine (C=N–C) groups is 1. The number of benzene rings is 3. The smallest absolute Gasteiger partial charge is 0.221 e. The summed E-state index contributed by atoms with van der Waals surface area (Å²) in [6.45, 7) is 2.17. The van der Waals surface area contributed by atoms with Crippen molar-refractivity contribution in [2.24, 2.45) is 4.99 Å². The molecular formula is C22H20N2O2. The van der Waals surface area contributed by atoms with E-state index in [-0.39, 0.29) is 0 Å². The lowest BCUT2D eigenvalue weighted by Gasteiger charge is -2.31. The number of methoxy groups -OCH3 is 1. The lowest BCUT2D eigenvalue weighted by atomic mass is 10.0. The zero-order chi connectivity index (χ0) is 17.7. The lowest BCUT2D eigenvalue weighted by Crippen LogP contribution is -2.45. The van der Waals surface area contributed by atoms with Crippen molar-refractivity contribution in [3.8, 4) is 11.5 Å². The van der Waals surface area contributed by atoms with Crippen molar-refractivity contribution in [2.75, 3.05) is 12.4 Å². The Morgan fingerprint density at radius 2 is 2.04 bits per heavy atom. The number of hydrogen-bond donors (Lipinski definition) is 1. The van der Waals surface area contributed by atoms with Crippen LogP contribution in [0.4, 0.5) is 11.4 Å². The van der Waals surface area contributed by atoms with Gasteiger partial charge in [-0.25, -0.2) is 0 Å². The summed E-state index contributed by atoms with van der Waals surface area (Å²) < 4.78 is 11.8. The van der Waals surface area contributed by atoms with Crippen LogP contribution in [0, 0.1) is 0 Å². The summed E-state index contributed by atoms with van der Waals surface area (Å²) in [6, 6.07) is 16.7. The Balaban J connectivity index is 1.55. The van der Waals surface area contributed by atoms with E-state index in [1.807, 2.05) is 30.5 Å². The van der Waals surface area contributed by atoms with Gasteiger partial charge in [0, 0.05) is 17.5 Å². The van der Waals surface area contributed by atoms with Gasteiger partial charge in [-0.05, 0) is 47.2 Å². The molecule has 0 bridgehead atoms. The fourth-order valence-corrected chi connectivity index (χ4v) is 3.83. The first-order chi connectivity index (χ1) is 12.7. The van der Waals surface area contributed by atoms with Gasteiger partial charge < -0.3 is 14.8 Å². The molecule has 26 heavy (non-hydrogen) atoms. The van der Waals surface area contributed by atoms with Crippen molar-refractivity contribution in [3.05, 3.63) is 59.7 Å². The molecule has 0 amide bonds. The summed E-state index contributed by atoms with van der Waals surface area (Å²) in [5, 5.41) is 5.68. The number of nitrogens with one attached hydrogen (secondary N) is 1. The van der Waals surface area contributed by atoms with Gasteiger partial charge in [0.1, 0.15) is 17.2 Å². The molecule has 3 aromatic rings. The van der Waals surface area contributed by atoms with Gasteiger partial charge in [-0.2, -0.15) is 0 Å². The molecule has 3 aromatic carbocycles. The molecule has 0 aliphatic carbocycles. The van der Waals surface area contributed by atoms with E-state index >= 15 is 0 Å². The average Bonchev–Trinajstić information content (AvgIpc) is 3.03. The SMILES string of the molecule is CCc1ccc2c(c1)CC1(C=Nc3c(ccc4ccc(OC)cc34)O1)N2. The van der Waals surface area contributed by atoms with E-state index in [1.165, 1.54) is 11.1 Å². The van der Waals surface area contributed by atoms with Crippen molar-refractivity contribution in [2.45, 2.75) is 25.5 Å². The van der Waals surface area contributed by atoms with Crippen molar-refractivity contribution in [1.82, 2.24) is 0 Å². The molecule has 1 N–H and O–H groups in total. The molecule has 4 nitrogen and oxygen atoms in total. The normalized spacial score (nSPS) is 19.8. The maximum atomic E-state index is 6.42. The van der Waals surface area contributed by atoms with Gasteiger partial charge in [-0.15, -0.1) is 0 Å². The van der Waals surface area contributed by atoms with E-state index in [1.54, 1.807) is 7.11 Å². The highest BCUT2D eigenvalue weighted by molar-refractivity contribution is 5.99. The van der Waals surface area contributed by atoms with E-state index in [2.05, 4.69) is 36.5 Å². The Bertz CT molecular complexity index is 1060. The lowest BCUT2D eigenvalue weighted by molar-refractivity contribution is 0.181. The molecule has 5 rings (SSSR count). The minimum absolute atomic E-state index is 0.603. The second kappa shape index (κ2) is 5.49. The summed E-state index contributed by atoms with van der Waals surface area (Å²) >= 11 is 0. The summed E-state index contributed by atoms with van der Waals surface area (Å²) in [5.41, 5.74) is 4.00. The number of anilines is 1. The zero-order valence-corrected chi connectivity index (χ0v) is 14.9. The van der Waals surface area contributed by atoms with Gasteiger partial charge in [0.25, 0.3) is 0 Å². The number of aryl methyl sites for hydroxylation is 1. The van der Waals surface area contributed by atoms with E-state index in [0.29, 0.717) is 0 Å². The predicted octanol–water partition coefficient (Wildman–Crippen LogP) is 4.87. The number of rotatable bonds is 2. The van der Waals surface area contributed by atoms with E-state index < -0.39 is 5.72 Å². The summed E-state index contributed by atoms with van der Waals surface area (Å²) in [5.74, 6) is 1.61. The standard InChI is InChI=1S/C22H20N2O2/c1-3-14-4-8-19-16(10-14)12-22(24-19)13-23-21-18-11-17(25-2)7-5-15(18)6-9-20(21)26-22/h4-11,13,24H,3,12H2,1-2H3. The van der Waals surface area contributed by atoms with Crippen molar-refractivity contribution in [1.29, 1.82) is 0 Å². The topological polar surface area (TPSA) is 42.9 Å². The van der Waals surface area contributed by atoms with Crippen LogP contribution in [0.1, 0.15) is 18.1 Å². The van der Waals surface area contributed by atoms with E-state index in [0.717, 1.165) is 46.5 Å². The number of fused-ring (bicyclic) bond motifs is 4. The van der Waals surface area contributed by atoms with Crippen LogP contribution in [0.25, 0.3) is 10.8 Å². The monoisotopic (exact) mass is 344 g/mol. The quantitative estimate of drug-likeness (QED) is 0.721. The maximum absolute atomic E-state index is 6.42. The van der Waals surface area contributed by atoms with Crippen molar-refractivity contribution in [3.63, 3.8) is 0 Å². The molecule has 1 spiro atoms. The molecule has 0 saturated carbocycles. The Morgan fingerprint density at radius 1 is 1.15 bits per heavy atom. The molecule has 130 valence electrons. The van der Waals surface area contributed by atoms with Gasteiger partial charge in [0.2, 0.25) is 5.72 Å². The molecule has 2 aliphatic heterocycles. The van der Waals surface area contributed by atoms with Crippen molar-refractivity contribution < 1.29 is 9.47 Å². The molecule has 1 atom stereocenters. The Morgan fingerprint density at radius 3 is 2.88 bits per heavy atom. The molecule has 1 unspecified atom stereocenters. The third kappa shape index (κ3) is 2.25. The van der Waals surface area contributed by atoms with Crippen LogP contribution in [-0.4, -0.2) is 19.0 Å². The molecule has 0 fully saturated rings. The minimum atomic E-state index is -0.603. The van der Waals surface area contributed by atoms with Gasteiger partial charge in [0.05, 0.1) is 13.3 Å². The first-order valence-corrected chi connectivity index (χ1v) is 8.95. The van der Waals surface area contributed by atoms with Crippen LogP contribution < -0.4 is 14.8 Å². The number of nitrogens with zero attached hydrogens (tertiary/aromatic N) is 1. The number of ether oxygens (including phenoxy) is 2. The van der Waals surface area contributed by atoms with Crippen molar-refractivity contribution >= 4 is 28.4 Å². The largest absolute Gasteiger partial charge is 0.497 e. The molecule has 2 aliphatic rings. The van der Waals surface area contributed by atoms with Gasteiger partial charge >= 0.3 is 0 Å². The maximum Gasteiger partial charge on any atom is 0.221 e. The Kier molecular flexibility index (Phi) is 3.23. The predicted molar refractivity (Wildman–Crippen MR) is 105 cm³/mol. The molecule has 4 heteroatoms. The Hall–Kier alpha value is -3.01. The molecule has 0 aromatic heterocycles. The second-order valence-electron chi connectivity index (χ2n) is 6.90. The summed E-state index contributed by atoms with van der Waals surface area (Å²) in [7, 11) is 1.68. The molecule has 0 radical (unpaired) electrons. The molecular weight excluding hydrogens is 324 g/mol. The van der Waals surface area contributed by atoms with Gasteiger partial charge in [-0.1, -0.05) is 31.2 Å². The highest BCUT2D eigenvalue weighted by Crippen LogP contribution is 2.44. The van der Waals surface area contributed by atoms with E-state index in [4.69, 9.17) is 14.5 Å². The van der Waals surface area contributed by atoms with Crippen LogP contribution in [0.3, 0.4) is 0 Å². The minimum Gasteiger partial charge on any atom is -0.497 e. The highest BCUT2D eigenvalue weighted by Gasteiger charge is 2.40. The van der Waals surface area contributed by atoms with Crippen LogP contribution in [0.15, 0.2) is 53.5 Å². The van der Waals surface area contributed by atoms with Crippen LogP contribution >= 0.6 is 0 Å². The fraction of sp³-hybridized carbons (Fsp3) is 0.227. The molecule has 2 heterocycles. The van der Waals surface area contributed by atoms with Crippen LogP contribution in [0.2, 0.25) is 0 Å². The summed E-state index contributed by atoms with van der Waals surface area (Å²) in [6.07, 6.45) is 3.71. The third-order valence-corrected chi connectivity index (χ3v) is 5.23. The highest BCUT2D eigenvalue weighted by atomic mass is 16.5. The van der Waals surface area contributed by atoms with Gasteiger partial charge in [0.15, 0.2) is 0 Å². The first-order valence-electron chi connectivity index (χ1n) is 8.95. The summed E-state index contributed by atoms with van der Waals surface area (Å²) in [4.78, 5) is 4.79. The zero-order valence-electron chi connectivity index (χ0n) is 14.9. The van der Waals surface area contributed by atoms with E-state index in [9.17, 15) is 0 Å². The van der Waals surface area contributed by atoms with Crippen LogP contribution in [-0.2, 0) is 12.8 Å². The Labute approximate surface area is 152 Å². The first kappa shape index (κ1) is 15.3. The second-order valence-corrected chi connectivity index (χ2v) is 6.90. The number of hydrogen-bond acceptors (Lipinski definition) is 4. The average molecular weight is 344 g/mol. The molecule has 0 saturated heterocycles.